The number of alkyl carbamates (subject to hydrolysis) is 1. The Bertz CT molecular complexity index is 1310. The van der Waals surface area contributed by atoms with Gasteiger partial charge in [-0.15, -0.1) is 0 Å². The van der Waals surface area contributed by atoms with E-state index in [2.05, 4.69) is 24.4 Å². The third-order valence-electron chi connectivity index (χ3n) is 6.34. The van der Waals surface area contributed by atoms with E-state index in [-0.39, 0.29) is 31.4 Å². The molecule has 8 heteroatoms. The molecule has 0 saturated carbocycles. The van der Waals surface area contributed by atoms with Crippen molar-refractivity contribution >= 4 is 23.1 Å². The number of carbonyl (C=O) groups is 2. The first-order chi connectivity index (χ1) is 20.1. The number of phenols is 1. The number of ether oxygens (including phenoxy) is 3. The number of carbonyl (C=O) groups excluding carboxylic acids is 2. The van der Waals surface area contributed by atoms with Gasteiger partial charge in [0.25, 0.3) is 0 Å². The lowest BCUT2D eigenvalue weighted by Gasteiger charge is -2.20. The Morgan fingerprint density at radius 2 is 1.48 bits per heavy atom. The normalized spacial score (nSPS) is 11.8. The molecule has 42 heavy (non-hydrogen) atoms. The molecule has 2 amide bonds. The molecule has 0 fully saturated rings. The van der Waals surface area contributed by atoms with Gasteiger partial charge in [-0.05, 0) is 79.3 Å². The molecule has 0 spiro atoms. The number of hydrogen-bond acceptors (Lipinski definition) is 6. The summed E-state index contributed by atoms with van der Waals surface area (Å²) in [5.41, 5.74) is 4.95. The predicted octanol–water partition coefficient (Wildman–Crippen LogP) is 6.14. The molecular weight excluding hydrogens is 532 g/mol. The molecule has 0 radical (unpaired) electrons. The fourth-order valence-corrected chi connectivity index (χ4v) is 4.26. The van der Waals surface area contributed by atoms with Crippen molar-refractivity contribution in [1.29, 1.82) is 0 Å². The van der Waals surface area contributed by atoms with Gasteiger partial charge in [-0.3, -0.25) is 4.79 Å². The molecule has 0 heterocycles. The quantitative estimate of drug-likeness (QED) is 0.188. The SMILES string of the molecule is CCC(=C(c1ccc(O)cc1)c1ccc(OCCN(C)C(=O)COCCNC(=O)OC(C)(C)C)cc1)c1ccccc1. The smallest absolute Gasteiger partial charge is 0.407 e. The monoisotopic (exact) mass is 574 g/mol. The molecule has 0 aliphatic rings. The molecule has 0 aliphatic carbocycles. The second kappa shape index (κ2) is 15.6. The summed E-state index contributed by atoms with van der Waals surface area (Å²) in [4.78, 5) is 25.6. The number of nitrogens with zero attached hydrogens (tertiary/aromatic N) is 1. The zero-order valence-electron chi connectivity index (χ0n) is 25.2. The Labute approximate surface area is 248 Å². The van der Waals surface area contributed by atoms with E-state index in [9.17, 15) is 14.7 Å². The number of rotatable bonds is 13. The minimum Gasteiger partial charge on any atom is -0.508 e. The maximum atomic E-state index is 12.4. The molecule has 0 unspecified atom stereocenters. The Hall–Kier alpha value is -4.30. The van der Waals surface area contributed by atoms with Gasteiger partial charge in [-0.2, -0.15) is 0 Å². The maximum Gasteiger partial charge on any atom is 0.407 e. The van der Waals surface area contributed by atoms with Gasteiger partial charge in [0.05, 0.1) is 13.2 Å². The number of aromatic hydroxyl groups is 1. The van der Waals surface area contributed by atoms with Crippen molar-refractivity contribution in [3.05, 3.63) is 95.6 Å². The van der Waals surface area contributed by atoms with Crippen molar-refractivity contribution in [3.63, 3.8) is 0 Å². The van der Waals surface area contributed by atoms with E-state index in [0.29, 0.717) is 18.9 Å². The number of likely N-dealkylation sites (N-methyl/N-ethyl adjacent to an activating group) is 1. The first-order valence-electron chi connectivity index (χ1n) is 14.2. The van der Waals surface area contributed by atoms with E-state index in [4.69, 9.17) is 14.2 Å². The van der Waals surface area contributed by atoms with Crippen molar-refractivity contribution < 1.29 is 28.9 Å². The average Bonchev–Trinajstić information content (AvgIpc) is 2.96. The van der Waals surface area contributed by atoms with Crippen LogP contribution in [-0.2, 0) is 14.3 Å². The Morgan fingerprint density at radius 3 is 2.07 bits per heavy atom. The molecule has 3 aromatic carbocycles. The third-order valence-corrected chi connectivity index (χ3v) is 6.34. The number of allylic oxidation sites excluding steroid dienone is 1. The summed E-state index contributed by atoms with van der Waals surface area (Å²) in [6, 6.07) is 25.5. The van der Waals surface area contributed by atoms with Crippen LogP contribution in [0.25, 0.3) is 11.1 Å². The lowest BCUT2D eigenvalue weighted by molar-refractivity contribution is -0.135. The van der Waals surface area contributed by atoms with Crippen molar-refractivity contribution in [2.75, 3.05) is 40.0 Å². The highest BCUT2D eigenvalue weighted by molar-refractivity contribution is 5.98. The second-order valence-electron chi connectivity index (χ2n) is 10.8. The molecule has 0 bridgehead atoms. The molecule has 0 aliphatic heterocycles. The number of nitrogens with one attached hydrogen (secondary N) is 1. The average molecular weight is 575 g/mol. The largest absolute Gasteiger partial charge is 0.508 e. The van der Waals surface area contributed by atoms with Gasteiger partial charge in [0.15, 0.2) is 0 Å². The molecule has 224 valence electrons. The van der Waals surface area contributed by atoms with E-state index in [1.807, 2.05) is 54.6 Å². The molecule has 2 N–H and O–H groups in total. The van der Waals surface area contributed by atoms with Crippen molar-refractivity contribution in [1.82, 2.24) is 10.2 Å². The molecule has 3 rings (SSSR count). The number of hydrogen-bond donors (Lipinski definition) is 2. The molecule has 0 saturated heterocycles. The Balaban J connectivity index is 1.54. The lowest BCUT2D eigenvalue weighted by atomic mass is 9.88. The number of phenolic OH excluding ortho intramolecular Hbond substituents is 1. The first kappa shape index (κ1) is 32.2. The highest BCUT2D eigenvalue weighted by Crippen LogP contribution is 2.35. The van der Waals surface area contributed by atoms with Crippen LogP contribution in [0.4, 0.5) is 4.79 Å². The third kappa shape index (κ3) is 10.3. The highest BCUT2D eigenvalue weighted by atomic mass is 16.6. The minimum atomic E-state index is -0.567. The van der Waals surface area contributed by atoms with Gasteiger partial charge in [0, 0.05) is 13.6 Å². The maximum absolute atomic E-state index is 12.4. The first-order valence-corrected chi connectivity index (χ1v) is 14.2. The molecule has 0 atom stereocenters. The second-order valence-corrected chi connectivity index (χ2v) is 10.8. The Kier molecular flexibility index (Phi) is 12.0. The molecule has 8 nitrogen and oxygen atoms in total. The summed E-state index contributed by atoms with van der Waals surface area (Å²) in [7, 11) is 1.70. The molecular formula is C34H42N2O6. The topological polar surface area (TPSA) is 97.3 Å². The number of amides is 2. The standard InChI is InChI=1S/C34H42N2O6/c1-6-30(25-10-8-7-9-11-25)32(26-12-16-28(37)17-13-26)27-14-18-29(19-15-27)41-23-21-36(5)31(38)24-40-22-20-35-33(39)42-34(2,3)4/h7-19,37H,6,20-24H2,1-5H3,(H,35,39). The summed E-state index contributed by atoms with van der Waals surface area (Å²) < 4.78 is 16.5. The van der Waals surface area contributed by atoms with Gasteiger partial charge in [-0.1, -0.05) is 61.5 Å². The van der Waals surface area contributed by atoms with Crippen LogP contribution in [0, 0.1) is 0 Å². The molecule has 0 aromatic heterocycles. The van der Waals surface area contributed by atoms with Crippen LogP contribution >= 0.6 is 0 Å². The van der Waals surface area contributed by atoms with E-state index in [0.717, 1.165) is 28.7 Å². The zero-order chi connectivity index (χ0) is 30.5. The van der Waals surface area contributed by atoms with Gasteiger partial charge in [-0.25, -0.2) is 4.79 Å². The van der Waals surface area contributed by atoms with Crippen LogP contribution in [0.3, 0.4) is 0 Å². The summed E-state index contributed by atoms with van der Waals surface area (Å²) >= 11 is 0. The predicted molar refractivity (Wildman–Crippen MR) is 165 cm³/mol. The van der Waals surface area contributed by atoms with E-state index >= 15 is 0 Å². The van der Waals surface area contributed by atoms with Crippen molar-refractivity contribution in [2.24, 2.45) is 0 Å². The summed E-state index contributed by atoms with van der Waals surface area (Å²) in [6.07, 6.45) is 0.317. The Morgan fingerprint density at radius 1 is 0.857 bits per heavy atom. The molecule has 3 aromatic rings. The van der Waals surface area contributed by atoms with Gasteiger partial charge >= 0.3 is 6.09 Å². The van der Waals surface area contributed by atoms with Crippen molar-refractivity contribution in [3.8, 4) is 11.5 Å². The fourth-order valence-electron chi connectivity index (χ4n) is 4.26. The van der Waals surface area contributed by atoms with Gasteiger partial charge in [0.1, 0.15) is 30.3 Å². The van der Waals surface area contributed by atoms with E-state index < -0.39 is 11.7 Å². The van der Waals surface area contributed by atoms with E-state index in [1.54, 1.807) is 44.9 Å². The van der Waals surface area contributed by atoms with Crippen LogP contribution in [-0.4, -0.2) is 67.6 Å². The number of benzene rings is 3. The summed E-state index contributed by atoms with van der Waals surface area (Å²) in [6.45, 7) is 8.60. The van der Waals surface area contributed by atoms with Crippen LogP contribution in [0.2, 0.25) is 0 Å². The fraction of sp³-hybridized carbons (Fsp3) is 0.353. The van der Waals surface area contributed by atoms with Crippen LogP contribution in [0.15, 0.2) is 78.9 Å². The zero-order valence-corrected chi connectivity index (χ0v) is 25.2. The van der Waals surface area contributed by atoms with Gasteiger partial charge < -0.3 is 29.5 Å². The lowest BCUT2D eigenvalue weighted by Crippen LogP contribution is -2.36. The van der Waals surface area contributed by atoms with Gasteiger partial charge in [0.2, 0.25) is 5.91 Å². The van der Waals surface area contributed by atoms with Crippen LogP contribution in [0.5, 0.6) is 11.5 Å². The van der Waals surface area contributed by atoms with E-state index in [1.165, 1.54) is 5.57 Å². The summed E-state index contributed by atoms with van der Waals surface area (Å²) in [5, 5.41) is 12.4. The van der Waals surface area contributed by atoms with Crippen LogP contribution < -0.4 is 10.1 Å². The summed E-state index contributed by atoms with van der Waals surface area (Å²) in [5.74, 6) is 0.750. The van der Waals surface area contributed by atoms with Crippen molar-refractivity contribution in [2.45, 2.75) is 39.7 Å². The minimum absolute atomic E-state index is 0.0885. The highest BCUT2D eigenvalue weighted by Gasteiger charge is 2.16. The van der Waals surface area contributed by atoms with Crippen LogP contribution in [0.1, 0.15) is 50.8 Å².